The van der Waals surface area contributed by atoms with Crippen LogP contribution >= 0.6 is 0 Å². The third-order valence-corrected chi connectivity index (χ3v) is 4.25. The van der Waals surface area contributed by atoms with Crippen LogP contribution in [0, 0.1) is 11.6 Å². The zero-order valence-corrected chi connectivity index (χ0v) is 11.7. The summed E-state index contributed by atoms with van der Waals surface area (Å²) >= 11 is 0. The number of benzene rings is 1. The molecule has 0 atom stereocenters. The largest absolute Gasteiger partial charge is 0.396 e. The van der Waals surface area contributed by atoms with Crippen LogP contribution in [0.3, 0.4) is 0 Å². The van der Waals surface area contributed by atoms with Crippen LogP contribution in [0.2, 0.25) is 0 Å². The van der Waals surface area contributed by atoms with Gasteiger partial charge in [0, 0.05) is 25.0 Å². The number of hydrogen-bond acceptors (Lipinski definition) is 4. The van der Waals surface area contributed by atoms with Crippen molar-refractivity contribution in [2.24, 2.45) is 0 Å². The minimum atomic E-state index is -4.09. The number of nitrogens with one attached hydrogen (secondary N) is 1. The van der Waals surface area contributed by atoms with Gasteiger partial charge in [0.25, 0.3) is 0 Å². The molecular weight excluding hydrogens is 300 g/mol. The summed E-state index contributed by atoms with van der Waals surface area (Å²) in [6.07, 6.45) is 3.60. The molecule has 0 saturated carbocycles. The monoisotopic (exact) mass is 313 g/mol. The van der Waals surface area contributed by atoms with E-state index in [2.05, 4.69) is 9.71 Å². The van der Waals surface area contributed by atoms with Gasteiger partial charge in [-0.2, -0.15) is 0 Å². The number of rotatable bonds is 5. The second-order valence-corrected chi connectivity index (χ2v) is 6.05. The van der Waals surface area contributed by atoms with Crippen molar-refractivity contribution < 1.29 is 17.2 Å². The second-order valence-electron chi connectivity index (χ2n) is 4.31. The van der Waals surface area contributed by atoms with Crippen molar-refractivity contribution in [3.05, 3.63) is 53.9 Å². The van der Waals surface area contributed by atoms with Crippen molar-refractivity contribution in [3.8, 4) is 0 Å². The Labute approximate surface area is 120 Å². The Kier molecular flexibility index (Phi) is 4.49. The fourth-order valence-corrected chi connectivity index (χ4v) is 2.83. The van der Waals surface area contributed by atoms with Crippen molar-refractivity contribution >= 4 is 15.7 Å². The summed E-state index contributed by atoms with van der Waals surface area (Å²) in [6.45, 7) is 0.0603. The lowest BCUT2D eigenvalue weighted by atomic mass is 10.2. The third kappa shape index (κ3) is 3.73. The number of aromatic nitrogens is 1. The van der Waals surface area contributed by atoms with E-state index in [1.807, 2.05) is 0 Å². The number of nitrogen functional groups attached to an aromatic ring is 1. The number of nitrogens with zero attached hydrogens (tertiary/aromatic N) is 1. The van der Waals surface area contributed by atoms with E-state index in [1.165, 1.54) is 0 Å². The zero-order valence-electron chi connectivity index (χ0n) is 10.9. The average molecular weight is 313 g/mol. The van der Waals surface area contributed by atoms with E-state index >= 15 is 0 Å². The van der Waals surface area contributed by atoms with Crippen LogP contribution < -0.4 is 10.5 Å². The van der Waals surface area contributed by atoms with Gasteiger partial charge in [-0.3, -0.25) is 4.98 Å². The van der Waals surface area contributed by atoms with E-state index in [0.29, 0.717) is 12.5 Å². The standard InChI is InChI=1S/C13H13F2N3O2S/c14-10-6-11(15)13(7-12(10)16)21(19,20)18-5-3-9-2-1-4-17-8-9/h1-2,4,6-8,18H,3,5,16H2. The molecule has 2 rings (SSSR count). The van der Waals surface area contributed by atoms with E-state index in [-0.39, 0.29) is 6.54 Å². The summed E-state index contributed by atoms with van der Waals surface area (Å²) in [5, 5.41) is 0. The maximum atomic E-state index is 13.6. The molecule has 2 aromatic rings. The molecule has 112 valence electrons. The van der Waals surface area contributed by atoms with Crippen LogP contribution in [0.25, 0.3) is 0 Å². The van der Waals surface area contributed by atoms with Gasteiger partial charge in [0.05, 0.1) is 5.69 Å². The van der Waals surface area contributed by atoms with Crippen molar-refractivity contribution in [1.82, 2.24) is 9.71 Å². The number of sulfonamides is 1. The molecule has 0 spiro atoms. The van der Waals surface area contributed by atoms with E-state index in [0.717, 1.165) is 11.6 Å². The molecule has 0 aliphatic carbocycles. The normalized spacial score (nSPS) is 11.5. The van der Waals surface area contributed by atoms with E-state index in [4.69, 9.17) is 5.73 Å². The van der Waals surface area contributed by atoms with Crippen molar-refractivity contribution in [2.75, 3.05) is 12.3 Å². The highest BCUT2D eigenvalue weighted by Crippen LogP contribution is 2.20. The van der Waals surface area contributed by atoms with Gasteiger partial charge in [0.2, 0.25) is 10.0 Å². The molecule has 1 aromatic heterocycles. The quantitative estimate of drug-likeness (QED) is 0.819. The lowest BCUT2D eigenvalue weighted by Crippen LogP contribution is -2.27. The molecule has 0 aliphatic heterocycles. The number of halogens is 2. The molecule has 5 nitrogen and oxygen atoms in total. The Morgan fingerprint density at radius 3 is 2.67 bits per heavy atom. The molecule has 0 fully saturated rings. The second kappa shape index (κ2) is 6.15. The van der Waals surface area contributed by atoms with E-state index in [1.54, 1.807) is 24.5 Å². The minimum Gasteiger partial charge on any atom is -0.396 e. The van der Waals surface area contributed by atoms with E-state index < -0.39 is 32.2 Å². The first-order chi connectivity index (χ1) is 9.90. The molecule has 3 N–H and O–H groups in total. The maximum absolute atomic E-state index is 13.6. The van der Waals surface area contributed by atoms with Crippen molar-refractivity contribution in [1.29, 1.82) is 0 Å². The zero-order chi connectivity index (χ0) is 15.5. The van der Waals surface area contributed by atoms with Gasteiger partial charge in [-0.25, -0.2) is 21.9 Å². The van der Waals surface area contributed by atoms with Crippen LogP contribution in [0.15, 0.2) is 41.6 Å². The van der Waals surface area contributed by atoms with Gasteiger partial charge in [-0.05, 0) is 24.1 Å². The van der Waals surface area contributed by atoms with E-state index in [9.17, 15) is 17.2 Å². The molecule has 21 heavy (non-hydrogen) atoms. The molecular formula is C13H13F2N3O2S. The van der Waals surface area contributed by atoms with Crippen LogP contribution in [-0.4, -0.2) is 19.9 Å². The first-order valence-electron chi connectivity index (χ1n) is 6.03. The summed E-state index contributed by atoms with van der Waals surface area (Å²) in [4.78, 5) is 3.22. The number of anilines is 1. The van der Waals surface area contributed by atoms with Gasteiger partial charge in [0.15, 0.2) is 0 Å². The molecule has 0 radical (unpaired) electrons. The topological polar surface area (TPSA) is 85.1 Å². The number of nitrogens with two attached hydrogens (primary N) is 1. The Morgan fingerprint density at radius 2 is 2.00 bits per heavy atom. The Bertz CT molecular complexity index is 737. The van der Waals surface area contributed by atoms with Gasteiger partial charge in [0.1, 0.15) is 16.5 Å². The summed E-state index contributed by atoms with van der Waals surface area (Å²) in [5.41, 5.74) is 5.67. The summed E-state index contributed by atoms with van der Waals surface area (Å²) in [6, 6.07) is 4.73. The number of pyridine rings is 1. The van der Waals surface area contributed by atoms with Crippen LogP contribution in [0.4, 0.5) is 14.5 Å². The van der Waals surface area contributed by atoms with Gasteiger partial charge in [-0.1, -0.05) is 6.07 Å². The Hall–Kier alpha value is -2.06. The maximum Gasteiger partial charge on any atom is 0.243 e. The predicted molar refractivity (Wildman–Crippen MR) is 73.9 cm³/mol. The van der Waals surface area contributed by atoms with Gasteiger partial charge < -0.3 is 5.73 Å². The fraction of sp³-hybridized carbons (Fsp3) is 0.154. The molecule has 0 bridgehead atoms. The lowest BCUT2D eigenvalue weighted by molar-refractivity contribution is 0.545. The number of hydrogen-bond donors (Lipinski definition) is 2. The third-order valence-electron chi connectivity index (χ3n) is 2.77. The van der Waals surface area contributed by atoms with Crippen LogP contribution in [0.1, 0.15) is 5.56 Å². The SMILES string of the molecule is Nc1cc(S(=O)(=O)NCCc2cccnc2)c(F)cc1F. The Balaban J connectivity index is 2.10. The van der Waals surface area contributed by atoms with Crippen LogP contribution in [0.5, 0.6) is 0 Å². The van der Waals surface area contributed by atoms with Crippen molar-refractivity contribution in [2.45, 2.75) is 11.3 Å². The van der Waals surface area contributed by atoms with Crippen LogP contribution in [-0.2, 0) is 16.4 Å². The fourth-order valence-electron chi connectivity index (χ4n) is 1.70. The first-order valence-corrected chi connectivity index (χ1v) is 7.51. The molecule has 8 heteroatoms. The smallest absolute Gasteiger partial charge is 0.243 e. The predicted octanol–water partition coefficient (Wildman–Crippen LogP) is 1.46. The molecule has 0 aliphatic rings. The van der Waals surface area contributed by atoms with Gasteiger partial charge in [-0.15, -0.1) is 0 Å². The molecule has 1 aromatic carbocycles. The first kappa shape index (κ1) is 15.3. The summed E-state index contributed by atoms with van der Waals surface area (Å²) < 4.78 is 52.7. The summed E-state index contributed by atoms with van der Waals surface area (Å²) in [7, 11) is -4.09. The minimum absolute atomic E-state index is 0.0603. The molecule has 0 amide bonds. The van der Waals surface area contributed by atoms with Gasteiger partial charge >= 0.3 is 0 Å². The highest BCUT2D eigenvalue weighted by Gasteiger charge is 2.20. The highest BCUT2D eigenvalue weighted by atomic mass is 32.2. The Morgan fingerprint density at radius 1 is 1.24 bits per heavy atom. The highest BCUT2D eigenvalue weighted by molar-refractivity contribution is 7.89. The summed E-state index contributed by atoms with van der Waals surface area (Å²) in [5.74, 6) is -2.18. The molecule has 0 saturated heterocycles. The average Bonchev–Trinajstić information content (AvgIpc) is 2.43. The van der Waals surface area contributed by atoms with Crippen molar-refractivity contribution in [3.63, 3.8) is 0 Å². The molecule has 0 unspecified atom stereocenters. The lowest BCUT2D eigenvalue weighted by Gasteiger charge is -2.09. The molecule has 1 heterocycles.